The largest absolute Gasteiger partial charge is 0.481 e. The maximum absolute atomic E-state index is 11.1. The molecule has 0 amide bonds. The van der Waals surface area contributed by atoms with Gasteiger partial charge in [-0.2, -0.15) is 0 Å². The lowest BCUT2D eigenvalue weighted by Gasteiger charge is -2.40. The lowest BCUT2D eigenvalue weighted by atomic mass is 9.65. The second-order valence-corrected chi connectivity index (χ2v) is 4.85. The minimum Gasteiger partial charge on any atom is -0.481 e. The highest BCUT2D eigenvalue weighted by Crippen LogP contribution is 2.43. The van der Waals surface area contributed by atoms with Crippen molar-refractivity contribution in [1.82, 2.24) is 0 Å². The summed E-state index contributed by atoms with van der Waals surface area (Å²) in [6, 6.07) is 1.77. The lowest BCUT2D eigenvalue weighted by Crippen LogP contribution is -2.48. The first-order valence-electron chi connectivity index (χ1n) is 6.14. The van der Waals surface area contributed by atoms with E-state index in [1.54, 1.807) is 6.26 Å². The number of carbonyl (C=O) groups is 1. The molecule has 0 saturated heterocycles. The number of aliphatic carboxylic acids is 1. The van der Waals surface area contributed by atoms with Gasteiger partial charge in [0, 0.05) is 23.4 Å². The first kappa shape index (κ1) is 12.2. The van der Waals surface area contributed by atoms with Crippen LogP contribution < -0.4 is 5.73 Å². The molecule has 0 aromatic carbocycles. The standard InChI is InChI=1S/C13H19NO3/c1-2-11(14)13(8-12(15)16)6-3-4-10-9(13)5-7-17-10/h5,7,11H,2-4,6,8,14H2,1H3,(H,15,16). The van der Waals surface area contributed by atoms with Crippen LogP contribution in [0.3, 0.4) is 0 Å². The molecule has 2 unspecified atom stereocenters. The van der Waals surface area contributed by atoms with Crippen molar-refractivity contribution in [2.75, 3.05) is 0 Å². The van der Waals surface area contributed by atoms with E-state index >= 15 is 0 Å². The smallest absolute Gasteiger partial charge is 0.304 e. The van der Waals surface area contributed by atoms with E-state index in [0.29, 0.717) is 0 Å². The monoisotopic (exact) mass is 237 g/mol. The highest BCUT2D eigenvalue weighted by atomic mass is 16.4. The minimum atomic E-state index is -0.789. The van der Waals surface area contributed by atoms with Crippen molar-refractivity contribution < 1.29 is 14.3 Å². The van der Waals surface area contributed by atoms with Gasteiger partial charge in [0.1, 0.15) is 5.76 Å². The predicted molar refractivity (Wildman–Crippen MR) is 63.8 cm³/mol. The predicted octanol–water partition coefficient (Wildman–Crippen LogP) is 2.07. The fraction of sp³-hybridized carbons (Fsp3) is 0.615. The number of carboxylic acids is 1. The molecule has 0 spiro atoms. The Morgan fingerprint density at radius 2 is 2.47 bits per heavy atom. The first-order chi connectivity index (χ1) is 8.10. The van der Waals surface area contributed by atoms with Crippen LogP contribution in [-0.4, -0.2) is 17.1 Å². The van der Waals surface area contributed by atoms with Crippen LogP contribution in [0.15, 0.2) is 16.7 Å². The SMILES string of the molecule is CCC(N)C1(CC(=O)O)CCCc2occc21. The topological polar surface area (TPSA) is 76.5 Å². The van der Waals surface area contributed by atoms with E-state index in [1.165, 1.54) is 0 Å². The van der Waals surface area contributed by atoms with E-state index in [0.717, 1.165) is 37.0 Å². The number of aryl methyl sites for hydroxylation is 1. The molecule has 4 nitrogen and oxygen atoms in total. The van der Waals surface area contributed by atoms with Gasteiger partial charge in [-0.1, -0.05) is 6.92 Å². The molecule has 3 N–H and O–H groups in total. The summed E-state index contributed by atoms with van der Waals surface area (Å²) >= 11 is 0. The molecule has 0 saturated carbocycles. The molecule has 1 aliphatic carbocycles. The molecule has 0 aliphatic heterocycles. The van der Waals surface area contributed by atoms with Crippen LogP contribution >= 0.6 is 0 Å². The third-order valence-corrected chi connectivity index (χ3v) is 3.92. The van der Waals surface area contributed by atoms with E-state index in [9.17, 15) is 4.79 Å². The van der Waals surface area contributed by atoms with E-state index in [1.807, 2.05) is 13.0 Å². The summed E-state index contributed by atoms with van der Waals surface area (Å²) in [4.78, 5) is 11.1. The molecule has 0 bridgehead atoms. The second-order valence-electron chi connectivity index (χ2n) is 4.85. The lowest BCUT2D eigenvalue weighted by molar-refractivity contribution is -0.139. The number of furan rings is 1. The van der Waals surface area contributed by atoms with Crippen molar-refractivity contribution in [2.45, 2.75) is 50.5 Å². The molecule has 17 heavy (non-hydrogen) atoms. The molecule has 4 heteroatoms. The zero-order valence-electron chi connectivity index (χ0n) is 10.1. The molecule has 1 aromatic rings. The molecule has 1 aromatic heterocycles. The van der Waals surface area contributed by atoms with Crippen molar-refractivity contribution >= 4 is 5.97 Å². The maximum atomic E-state index is 11.1. The van der Waals surface area contributed by atoms with Gasteiger partial charge in [-0.05, 0) is 25.3 Å². The molecule has 1 heterocycles. The van der Waals surface area contributed by atoms with E-state index in [2.05, 4.69) is 0 Å². The summed E-state index contributed by atoms with van der Waals surface area (Å²) in [6.07, 6.45) is 5.18. The Morgan fingerprint density at radius 1 is 1.71 bits per heavy atom. The molecule has 2 rings (SSSR count). The second kappa shape index (κ2) is 4.53. The summed E-state index contributed by atoms with van der Waals surface area (Å²) in [6.45, 7) is 2.00. The van der Waals surface area contributed by atoms with Gasteiger partial charge < -0.3 is 15.3 Å². The third kappa shape index (κ3) is 1.97. The van der Waals surface area contributed by atoms with Crippen LogP contribution in [0.1, 0.15) is 43.9 Å². The van der Waals surface area contributed by atoms with Gasteiger partial charge in [0.05, 0.1) is 12.7 Å². The average Bonchev–Trinajstić information content (AvgIpc) is 2.76. The van der Waals surface area contributed by atoms with E-state index in [4.69, 9.17) is 15.3 Å². The van der Waals surface area contributed by atoms with Crippen LogP contribution in [0.2, 0.25) is 0 Å². The molecule has 94 valence electrons. The highest BCUT2D eigenvalue weighted by Gasteiger charge is 2.44. The van der Waals surface area contributed by atoms with Crippen molar-refractivity contribution in [3.63, 3.8) is 0 Å². The Hall–Kier alpha value is -1.29. The molecular weight excluding hydrogens is 218 g/mol. The Morgan fingerprint density at radius 3 is 3.12 bits per heavy atom. The van der Waals surface area contributed by atoms with E-state index in [-0.39, 0.29) is 12.5 Å². The summed E-state index contributed by atoms with van der Waals surface area (Å²) in [5, 5.41) is 9.15. The van der Waals surface area contributed by atoms with Gasteiger partial charge in [-0.25, -0.2) is 0 Å². The van der Waals surface area contributed by atoms with Crippen LogP contribution in [-0.2, 0) is 16.6 Å². The molecule has 2 atom stereocenters. The summed E-state index contributed by atoms with van der Waals surface area (Å²) in [5.41, 5.74) is 6.77. The highest BCUT2D eigenvalue weighted by molar-refractivity contribution is 5.69. The first-order valence-corrected chi connectivity index (χ1v) is 6.14. The normalized spacial score (nSPS) is 25.3. The van der Waals surface area contributed by atoms with Gasteiger partial charge in [0.15, 0.2) is 0 Å². The Labute approximate surface area is 101 Å². The number of nitrogens with two attached hydrogens (primary N) is 1. The van der Waals surface area contributed by atoms with Crippen molar-refractivity contribution in [1.29, 1.82) is 0 Å². The zero-order chi connectivity index (χ0) is 12.5. The fourth-order valence-corrected chi connectivity index (χ4v) is 3.04. The fourth-order valence-electron chi connectivity index (χ4n) is 3.04. The van der Waals surface area contributed by atoms with Crippen molar-refractivity contribution in [3.8, 4) is 0 Å². The van der Waals surface area contributed by atoms with Crippen LogP contribution in [0.4, 0.5) is 0 Å². The zero-order valence-corrected chi connectivity index (χ0v) is 10.1. The average molecular weight is 237 g/mol. The number of hydrogen-bond acceptors (Lipinski definition) is 3. The Kier molecular flexibility index (Phi) is 3.24. The quantitative estimate of drug-likeness (QED) is 0.840. The van der Waals surface area contributed by atoms with Crippen molar-refractivity contribution in [3.05, 3.63) is 23.7 Å². The number of rotatable bonds is 4. The Balaban J connectivity index is 2.45. The van der Waals surface area contributed by atoms with Crippen LogP contribution in [0.25, 0.3) is 0 Å². The molecule has 0 radical (unpaired) electrons. The minimum absolute atomic E-state index is 0.0918. The van der Waals surface area contributed by atoms with Gasteiger partial charge >= 0.3 is 5.97 Å². The third-order valence-electron chi connectivity index (χ3n) is 3.92. The summed E-state index contributed by atoms with van der Waals surface area (Å²) < 4.78 is 5.44. The van der Waals surface area contributed by atoms with Crippen molar-refractivity contribution in [2.24, 2.45) is 5.73 Å². The maximum Gasteiger partial charge on any atom is 0.304 e. The van der Waals surface area contributed by atoms with Gasteiger partial charge in [0.2, 0.25) is 0 Å². The van der Waals surface area contributed by atoms with Gasteiger partial charge in [-0.3, -0.25) is 4.79 Å². The molecular formula is C13H19NO3. The van der Waals surface area contributed by atoms with Gasteiger partial charge in [-0.15, -0.1) is 0 Å². The van der Waals surface area contributed by atoms with Crippen LogP contribution in [0, 0.1) is 0 Å². The number of hydrogen-bond donors (Lipinski definition) is 2. The number of fused-ring (bicyclic) bond motifs is 1. The molecule has 0 fully saturated rings. The van der Waals surface area contributed by atoms with Gasteiger partial charge in [0.25, 0.3) is 0 Å². The van der Waals surface area contributed by atoms with Crippen LogP contribution in [0.5, 0.6) is 0 Å². The summed E-state index contributed by atoms with van der Waals surface area (Å²) in [5.74, 6) is 0.129. The summed E-state index contributed by atoms with van der Waals surface area (Å²) in [7, 11) is 0. The Bertz CT molecular complexity index is 413. The van der Waals surface area contributed by atoms with E-state index < -0.39 is 11.4 Å². The number of carboxylic acid groups (broad SMARTS) is 1. The molecule has 1 aliphatic rings.